The van der Waals surface area contributed by atoms with Crippen LogP contribution in [0.1, 0.15) is 27.2 Å². The molecular weight excluding hydrogens is 380 g/mol. The second kappa shape index (κ2) is 7.38. The van der Waals surface area contributed by atoms with Gasteiger partial charge in [-0.2, -0.15) is 0 Å². The maximum Gasteiger partial charge on any atom is 0.411 e. The maximum atomic E-state index is 12.4. The molecule has 0 N–H and O–H groups in total. The predicted octanol–water partition coefficient (Wildman–Crippen LogP) is 2.77. The Hall–Kier alpha value is -1.83. The van der Waals surface area contributed by atoms with E-state index in [1.165, 1.54) is 12.0 Å². The molecule has 0 aromatic carbocycles. The summed E-state index contributed by atoms with van der Waals surface area (Å²) in [4.78, 5) is 29.7. The van der Waals surface area contributed by atoms with Crippen LogP contribution in [-0.2, 0) is 14.3 Å². The van der Waals surface area contributed by atoms with E-state index in [1.54, 1.807) is 39.2 Å². The summed E-state index contributed by atoms with van der Waals surface area (Å²) in [6, 6.07) is 1.05. The van der Waals surface area contributed by atoms with Gasteiger partial charge in [-0.05, 0) is 42.8 Å². The molecule has 1 aliphatic rings. The van der Waals surface area contributed by atoms with Gasteiger partial charge in [-0.15, -0.1) is 0 Å². The first kappa shape index (κ1) is 18.5. The molecule has 2 heterocycles. The SMILES string of the molecule is COC(=O)[C@@H]1C[C@H](Oc2cncc(Br)c2)CN1C(=O)OC(C)(C)C. The van der Waals surface area contributed by atoms with Crippen LogP contribution in [0.4, 0.5) is 4.79 Å². The summed E-state index contributed by atoms with van der Waals surface area (Å²) < 4.78 is 16.8. The summed E-state index contributed by atoms with van der Waals surface area (Å²) in [6.45, 7) is 5.56. The normalized spacial score (nSPS) is 20.6. The predicted molar refractivity (Wildman–Crippen MR) is 89.7 cm³/mol. The fourth-order valence-electron chi connectivity index (χ4n) is 2.41. The van der Waals surface area contributed by atoms with Gasteiger partial charge in [0.2, 0.25) is 0 Å². The van der Waals surface area contributed by atoms with Crippen LogP contribution in [-0.4, -0.2) is 53.3 Å². The third-order valence-electron chi connectivity index (χ3n) is 3.35. The summed E-state index contributed by atoms with van der Waals surface area (Å²) in [5, 5.41) is 0. The Kier molecular flexibility index (Phi) is 5.69. The molecule has 0 saturated carbocycles. The van der Waals surface area contributed by atoms with Gasteiger partial charge in [0, 0.05) is 17.1 Å². The third kappa shape index (κ3) is 4.83. The first-order valence-corrected chi connectivity index (χ1v) is 8.33. The number of methoxy groups -OCH3 is 1. The van der Waals surface area contributed by atoms with Gasteiger partial charge >= 0.3 is 12.1 Å². The minimum absolute atomic E-state index is 0.237. The van der Waals surface area contributed by atoms with Gasteiger partial charge in [0.25, 0.3) is 0 Å². The number of halogens is 1. The molecular formula is C16H21BrN2O5. The molecule has 0 aliphatic carbocycles. The molecule has 2 rings (SSSR count). The van der Waals surface area contributed by atoms with E-state index >= 15 is 0 Å². The highest BCUT2D eigenvalue weighted by Gasteiger charge is 2.43. The Balaban J connectivity index is 2.11. The molecule has 24 heavy (non-hydrogen) atoms. The monoisotopic (exact) mass is 400 g/mol. The second-order valence-corrected chi connectivity index (χ2v) is 7.40. The molecule has 1 fully saturated rings. The van der Waals surface area contributed by atoms with Gasteiger partial charge in [-0.25, -0.2) is 9.59 Å². The van der Waals surface area contributed by atoms with Crippen molar-refractivity contribution in [2.24, 2.45) is 0 Å². The Labute approximate surface area is 149 Å². The van der Waals surface area contributed by atoms with Crippen LogP contribution in [0.15, 0.2) is 22.9 Å². The lowest BCUT2D eigenvalue weighted by atomic mass is 10.2. The zero-order valence-electron chi connectivity index (χ0n) is 14.1. The van der Waals surface area contributed by atoms with Crippen molar-refractivity contribution in [3.63, 3.8) is 0 Å². The molecule has 0 bridgehead atoms. The number of carbonyl (C=O) groups excluding carboxylic acids is 2. The number of ether oxygens (including phenoxy) is 3. The van der Waals surface area contributed by atoms with Crippen molar-refractivity contribution >= 4 is 28.0 Å². The van der Waals surface area contributed by atoms with E-state index < -0.39 is 23.7 Å². The quantitative estimate of drug-likeness (QED) is 0.725. The molecule has 2 atom stereocenters. The fourth-order valence-corrected chi connectivity index (χ4v) is 2.76. The number of nitrogens with zero attached hydrogens (tertiary/aromatic N) is 2. The van der Waals surface area contributed by atoms with Crippen molar-refractivity contribution in [2.75, 3.05) is 13.7 Å². The van der Waals surface area contributed by atoms with Crippen LogP contribution < -0.4 is 4.74 Å². The number of likely N-dealkylation sites (tertiary alicyclic amines) is 1. The molecule has 0 radical (unpaired) electrons. The zero-order chi connectivity index (χ0) is 17.9. The number of rotatable bonds is 3. The van der Waals surface area contributed by atoms with E-state index in [1.807, 2.05) is 0 Å². The van der Waals surface area contributed by atoms with Crippen LogP contribution in [0, 0.1) is 0 Å². The summed E-state index contributed by atoms with van der Waals surface area (Å²) in [7, 11) is 1.29. The van der Waals surface area contributed by atoms with Crippen LogP contribution in [0.5, 0.6) is 5.75 Å². The minimum Gasteiger partial charge on any atom is -0.487 e. The van der Waals surface area contributed by atoms with Gasteiger partial charge in [0.1, 0.15) is 23.5 Å². The van der Waals surface area contributed by atoms with E-state index in [0.717, 1.165) is 4.47 Å². The Morgan fingerprint density at radius 3 is 2.62 bits per heavy atom. The molecule has 1 aromatic heterocycles. The average molecular weight is 401 g/mol. The summed E-state index contributed by atoms with van der Waals surface area (Å²) >= 11 is 3.32. The highest BCUT2D eigenvalue weighted by molar-refractivity contribution is 9.10. The number of amides is 1. The molecule has 1 saturated heterocycles. The van der Waals surface area contributed by atoms with E-state index in [9.17, 15) is 9.59 Å². The van der Waals surface area contributed by atoms with Crippen molar-refractivity contribution in [3.8, 4) is 5.75 Å². The van der Waals surface area contributed by atoms with Gasteiger partial charge in [-0.1, -0.05) is 0 Å². The topological polar surface area (TPSA) is 78.0 Å². The van der Waals surface area contributed by atoms with Gasteiger partial charge < -0.3 is 14.2 Å². The Morgan fingerprint density at radius 1 is 1.33 bits per heavy atom. The van der Waals surface area contributed by atoms with Crippen molar-refractivity contribution in [1.82, 2.24) is 9.88 Å². The van der Waals surface area contributed by atoms with Crippen LogP contribution >= 0.6 is 15.9 Å². The molecule has 1 amide bonds. The number of esters is 1. The van der Waals surface area contributed by atoms with Crippen molar-refractivity contribution in [1.29, 1.82) is 0 Å². The lowest BCUT2D eigenvalue weighted by Crippen LogP contribution is -2.44. The summed E-state index contributed by atoms with van der Waals surface area (Å²) in [6.07, 6.45) is 2.65. The smallest absolute Gasteiger partial charge is 0.411 e. The maximum absolute atomic E-state index is 12.4. The molecule has 0 unspecified atom stereocenters. The highest BCUT2D eigenvalue weighted by atomic mass is 79.9. The molecule has 8 heteroatoms. The van der Waals surface area contributed by atoms with Gasteiger partial charge in [-0.3, -0.25) is 9.88 Å². The van der Waals surface area contributed by atoms with E-state index in [2.05, 4.69) is 20.9 Å². The van der Waals surface area contributed by atoms with Crippen LogP contribution in [0.2, 0.25) is 0 Å². The average Bonchev–Trinajstić information content (AvgIpc) is 2.88. The third-order valence-corrected chi connectivity index (χ3v) is 3.78. The lowest BCUT2D eigenvalue weighted by Gasteiger charge is -2.27. The zero-order valence-corrected chi connectivity index (χ0v) is 15.7. The Morgan fingerprint density at radius 2 is 2.04 bits per heavy atom. The standard InChI is InChI=1S/C16H21BrN2O5/c1-16(2,3)24-15(21)19-9-12(6-13(19)14(20)22-4)23-11-5-10(17)7-18-8-11/h5,7-8,12-13H,6,9H2,1-4H3/t12-,13-/m0/s1. The largest absolute Gasteiger partial charge is 0.487 e. The first-order valence-electron chi connectivity index (χ1n) is 7.54. The molecule has 1 aliphatic heterocycles. The molecule has 132 valence electrons. The molecule has 7 nitrogen and oxygen atoms in total. The number of carbonyl (C=O) groups is 2. The number of hydrogen-bond donors (Lipinski definition) is 0. The fraction of sp³-hybridized carbons (Fsp3) is 0.562. The number of aromatic nitrogens is 1. The van der Waals surface area contributed by atoms with Crippen LogP contribution in [0.25, 0.3) is 0 Å². The van der Waals surface area contributed by atoms with E-state index in [4.69, 9.17) is 14.2 Å². The van der Waals surface area contributed by atoms with Crippen molar-refractivity contribution in [3.05, 3.63) is 22.9 Å². The second-order valence-electron chi connectivity index (χ2n) is 6.49. The first-order chi connectivity index (χ1) is 11.2. The van der Waals surface area contributed by atoms with Gasteiger partial charge in [0.05, 0.1) is 19.9 Å². The minimum atomic E-state index is -0.727. The van der Waals surface area contributed by atoms with Crippen LogP contribution in [0.3, 0.4) is 0 Å². The van der Waals surface area contributed by atoms with Gasteiger partial charge in [0.15, 0.2) is 0 Å². The highest BCUT2D eigenvalue weighted by Crippen LogP contribution is 2.26. The summed E-state index contributed by atoms with van der Waals surface area (Å²) in [5.74, 6) is 0.0726. The molecule has 0 spiro atoms. The summed E-state index contributed by atoms with van der Waals surface area (Å²) in [5.41, 5.74) is -0.648. The van der Waals surface area contributed by atoms with Crippen molar-refractivity contribution < 1.29 is 23.8 Å². The van der Waals surface area contributed by atoms with E-state index in [0.29, 0.717) is 12.2 Å². The molecule has 1 aromatic rings. The number of hydrogen-bond acceptors (Lipinski definition) is 6. The van der Waals surface area contributed by atoms with E-state index in [-0.39, 0.29) is 12.6 Å². The lowest BCUT2D eigenvalue weighted by molar-refractivity contribution is -0.145. The van der Waals surface area contributed by atoms with Crippen molar-refractivity contribution in [2.45, 2.75) is 44.9 Å². The Bertz CT molecular complexity index is 617. The number of pyridine rings is 1.